The number of ether oxygens (including phenoxy) is 2. The number of carbonyl (C=O) groups is 2. The van der Waals surface area contributed by atoms with Crippen LogP contribution in [0.1, 0.15) is 24.4 Å². The molecule has 0 spiro atoms. The Balaban J connectivity index is 1.78. The highest BCUT2D eigenvalue weighted by Gasteiger charge is 2.42. The molecule has 1 aliphatic rings. The number of amides is 2. The lowest BCUT2D eigenvalue weighted by Gasteiger charge is -2.41. The fraction of sp³-hybridized carbons (Fsp3) is 0.273. The van der Waals surface area contributed by atoms with Gasteiger partial charge in [0.2, 0.25) is 16.9 Å². The zero-order valence-electron chi connectivity index (χ0n) is 17.1. The fourth-order valence-corrected chi connectivity index (χ4v) is 4.35. The van der Waals surface area contributed by atoms with E-state index in [0.29, 0.717) is 28.7 Å². The molecule has 0 saturated carbocycles. The van der Waals surface area contributed by atoms with E-state index in [1.165, 1.54) is 11.3 Å². The van der Waals surface area contributed by atoms with Crippen LogP contribution in [0, 0.1) is 5.92 Å². The molecule has 8 nitrogen and oxygen atoms in total. The number of methoxy groups -OCH3 is 2. The molecule has 2 aromatic carbocycles. The summed E-state index contributed by atoms with van der Waals surface area (Å²) in [4.78, 5) is 28.1. The van der Waals surface area contributed by atoms with Gasteiger partial charge in [0.25, 0.3) is 0 Å². The third kappa shape index (κ3) is 4.22. The summed E-state index contributed by atoms with van der Waals surface area (Å²) in [5.74, 6) is 0.543. The average molecular weight is 439 g/mol. The summed E-state index contributed by atoms with van der Waals surface area (Å²) in [5.41, 5.74) is 3.02. The van der Waals surface area contributed by atoms with E-state index < -0.39 is 12.0 Å². The first-order chi connectivity index (χ1) is 15.1. The van der Waals surface area contributed by atoms with Gasteiger partial charge in [-0.15, -0.1) is 10.2 Å². The average Bonchev–Trinajstić information content (AvgIpc) is 3.32. The maximum absolute atomic E-state index is 13.3. The van der Waals surface area contributed by atoms with Gasteiger partial charge < -0.3 is 19.7 Å². The van der Waals surface area contributed by atoms with Crippen molar-refractivity contribution in [2.24, 2.45) is 5.92 Å². The van der Waals surface area contributed by atoms with Crippen LogP contribution in [-0.4, -0.2) is 36.2 Å². The van der Waals surface area contributed by atoms with Gasteiger partial charge in [0.1, 0.15) is 17.0 Å². The highest BCUT2D eigenvalue weighted by atomic mass is 32.1. The molecular formula is C22H22N4O4S. The summed E-state index contributed by atoms with van der Waals surface area (Å²) in [6, 6.07) is 14.2. The lowest BCUT2D eigenvalue weighted by Crippen LogP contribution is -2.47. The number of piperidine rings is 1. The molecular weight excluding hydrogens is 416 g/mol. The van der Waals surface area contributed by atoms with Crippen molar-refractivity contribution in [2.45, 2.75) is 18.9 Å². The lowest BCUT2D eigenvalue weighted by molar-refractivity contribution is -0.125. The molecule has 0 radical (unpaired) electrons. The first kappa shape index (κ1) is 20.8. The number of hydrogen-bond donors (Lipinski definition) is 1. The summed E-state index contributed by atoms with van der Waals surface area (Å²) in [6.45, 7) is 0. The minimum atomic E-state index is -0.543. The molecule has 1 aliphatic heterocycles. The Kier molecular flexibility index (Phi) is 6.13. The van der Waals surface area contributed by atoms with Crippen LogP contribution in [0.3, 0.4) is 0 Å². The van der Waals surface area contributed by atoms with E-state index in [1.807, 2.05) is 36.4 Å². The Morgan fingerprint density at radius 2 is 1.90 bits per heavy atom. The quantitative estimate of drug-likeness (QED) is 0.631. The fourth-order valence-electron chi connectivity index (χ4n) is 3.91. The molecule has 160 valence electrons. The Morgan fingerprint density at radius 1 is 1.13 bits per heavy atom. The number of rotatable bonds is 6. The monoisotopic (exact) mass is 438 g/mol. The molecule has 9 heteroatoms. The van der Waals surface area contributed by atoms with E-state index in [2.05, 4.69) is 15.5 Å². The summed E-state index contributed by atoms with van der Waals surface area (Å²) in [7, 11) is 3.17. The van der Waals surface area contributed by atoms with Crippen LogP contribution in [0.2, 0.25) is 0 Å². The second kappa shape index (κ2) is 9.13. The summed E-state index contributed by atoms with van der Waals surface area (Å²) in [5, 5.41) is 11.0. The van der Waals surface area contributed by atoms with Crippen LogP contribution in [0.25, 0.3) is 0 Å². The van der Waals surface area contributed by atoms with Crippen LogP contribution in [0.5, 0.6) is 11.5 Å². The largest absolute Gasteiger partial charge is 0.497 e. The Labute approximate surface area is 183 Å². The molecule has 1 aromatic heterocycles. The number of benzene rings is 2. The van der Waals surface area contributed by atoms with E-state index in [-0.39, 0.29) is 18.2 Å². The normalized spacial score (nSPS) is 18.5. The number of para-hydroxylation sites is 1. The molecule has 2 amide bonds. The third-order valence-electron chi connectivity index (χ3n) is 5.33. The number of carbonyl (C=O) groups excluding carboxylic acids is 2. The highest BCUT2D eigenvalue weighted by Crippen LogP contribution is 2.43. The van der Waals surface area contributed by atoms with Crippen molar-refractivity contribution in [1.29, 1.82) is 0 Å². The van der Waals surface area contributed by atoms with Gasteiger partial charge in [-0.3, -0.25) is 9.59 Å². The van der Waals surface area contributed by atoms with Gasteiger partial charge >= 0.3 is 0 Å². The summed E-state index contributed by atoms with van der Waals surface area (Å²) >= 11 is 1.25. The van der Waals surface area contributed by atoms with Gasteiger partial charge in [-0.2, -0.15) is 0 Å². The first-order valence-corrected chi connectivity index (χ1v) is 10.7. The van der Waals surface area contributed by atoms with Crippen molar-refractivity contribution in [2.75, 3.05) is 24.4 Å². The number of aromatic nitrogens is 2. The van der Waals surface area contributed by atoms with E-state index in [9.17, 15) is 9.59 Å². The second-order valence-electron chi connectivity index (χ2n) is 7.03. The van der Waals surface area contributed by atoms with Crippen molar-refractivity contribution in [3.8, 4) is 11.5 Å². The second-order valence-corrected chi connectivity index (χ2v) is 7.86. The predicted molar refractivity (Wildman–Crippen MR) is 117 cm³/mol. The van der Waals surface area contributed by atoms with E-state index in [0.717, 1.165) is 5.56 Å². The molecule has 0 aliphatic carbocycles. The topological polar surface area (TPSA) is 93.7 Å². The molecule has 2 unspecified atom stereocenters. The molecule has 2 heterocycles. The number of hydrogen-bond acceptors (Lipinski definition) is 7. The van der Waals surface area contributed by atoms with Gasteiger partial charge in [-0.25, -0.2) is 0 Å². The van der Waals surface area contributed by atoms with Crippen LogP contribution in [-0.2, 0) is 9.59 Å². The molecule has 1 N–H and O–H groups in total. The predicted octanol–water partition coefficient (Wildman–Crippen LogP) is 3.68. The van der Waals surface area contributed by atoms with Crippen LogP contribution in [0.4, 0.5) is 10.8 Å². The Hall–Kier alpha value is -3.46. The maximum atomic E-state index is 13.3. The number of nitrogens with zero attached hydrogens (tertiary/aromatic N) is 3. The van der Waals surface area contributed by atoms with Crippen molar-refractivity contribution < 1.29 is 19.1 Å². The van der Waals surface area contributed by atoms with Gasteiger partial charge in [-0.1, -0.05) is 29.5 Å². The summed E-state index contributed by atoms with van der Waals surface area (Å²) < 4.78 is 10.8. The maximum Gasteiger partial charge on any atom is 0.231 e. The van der Waals surface area contributed by atoms with E-state index in [4.69, 9.17) is 9.47 Å². The van der Waals surface area contributed by atoms with Gasteiger partial charge in [-0.05, 0) is 36.8 Å². The van der Waals surface area contributed by atoms with Crippen molar-refractivity contribution in [3.63, 3.8) is 0 Å². The lowest BCUT2D eigenvalue weighted by atomic mass is 9.82. The van der Waals surface area contributed by atoms with Crippen LogP contribution < -0.4 is 19.7 Å². The minimum absolute atomic E-state index is 0.0546. The number of anilines is 2. The minimum Gasteiger partial charge on any atom is -0.497 e. The van der Waals surface area contributed by atoms with Crippen molar-refractivity contribution >= 4 is 34.0 Å². The van der Waals surface area contributed by atoms with Gasteiger partial charge in [0.05, 0.1) is 26.2 Å². The number of nitrogens with one attached hydrogen (secondary N) is 1. The van der Waals surface area contributed by atoms with E-state index >= 15 is 0 Å². The third-order valence-corrected chi connectivity index (χ3v) is 5.94. The standard InChI is InChI=1S/C22H22N4O4S/c1-29-15-9-7-14(8-10-15)26-19(27)12-11-17(21(28)24-22-25-23-13-31-22)20(26)16-5-3-4-6-18(16)30-2/h3-10,13,17,20H,11-12H2,1-2H3,(H,24,25,28). The summed E-state index contributed by atoms with van der Waals surface area (Å²) in [6.07, 6.45) is 0.671. The van der Waals surface area contributed by atoms with Crippen LogP contribution >= 0.6 is 11.3 Å². The molecule has 3 aromatic rings. The SMILES string of the molecule is COc1ccc(N2C(=O)CCC(C(=O)Nc3nncs3)C2c2ccccc2OC)cc1. The molecule has 31 heavy (non-hydrogen) atoms. The highest BCUT2D eigenvalue weighted by molar-refractivity contribution is 7.13. The smallest absolute Gasteiger partial charge is 0.231 e. The van der Waals surface area contributed by atoms with E-state index in [1.54, 1.807) is 36.8 Å². The molecule has 2 atom stereocenters. The molecule has 1 fully saturated rings. The van der Waals surface area contributed by atoms with Crippen molar-refractivity contribution in [3.05, 3.63) is 59.6 Å². The zero-order valence-corrected chi connectivity index (χ0v) is 18.0. The van der Waals surface area contributed by atoms with Gasteiger partial charge in [0.15, 0.2) is 0 Å². The Bertz CT molecular complexity index is 1060. The molecule has 1 saturated heterocycles. The van der Waals surface area contributed by atoms with Gasteiger partial charge in [0, 0.05) is 17.7 Å². The first-order valence-electron chi connectivity index (χ1n) is 9.78. The van der Waals surface area contributed by atoms with Crippen LogP contribution in [0.15, 0.2) is 54.0 Å². The molecule has 4 rings (SSSR count). The van der Waals surface area contributed by atoms with Crippen molar-refractivity contribution in [1.82, 2.24) is 10.2 Å². The Morgan fingerprint density at radius 3 is 2.58 bits per heavy atom. The molecule has 0 bridgehead atoms. The zero-order chi connectivity index (χ0) is 21.8.